The van der Waals surface area contributed by atoms with Crippen molar-refractivity contribution in [1.82, 2.24) is 15.0 Å². The van der Waals surface area contributed by atoms with Gasteiger partial charge < -0.3 is 24.4 Å². The van der Waals surface area contributed by atoms with Gasteiger partial charge in [0.25, 0.3) is 0 Å². The van der Waals surface area contributed by atoms with Crippen LogP contribution in [0.5, 0.6) is 11.5 Å². The number of hydrogen-bond acceptors (Lipinski definition) is 5. The molecule has 3 heterocycles. The second kappa shape index (κ2) is 21.1. The van der Waals surface area contributed by atoms with Crippen LogP contribution in [0.1, 0.15) is 62.5 Å². The number of nitrogens with zero attached hydrogens (tertiary/aromatic N) is 3. The maximum atomic E-state index is 7.40. The molecule has 0 aliphatic heterocycles. The molecular formula is C67H52IrN3O2. The molecule has 2 aliphatic rings. The molecule has 0 amide bonds. The fourth-order valence-electron chi connectivity index (χ4n) is 10.8. The Labute approximate surface area is 442 Å². The Morgan fingerprint density at radius 1 is 0.342 bits per heavy atom. The van der Waals surface area contributed by atoms with Crippen molar-refractivity contribution in [2.45, 2.75) is 62.6 Å². The zero-order valence-electron chi connectivity index (χ0n) is 40.4. The Balaban J connectivity index is 0.00000574. The molecule has 0 bridgehead atoms. The normalized spacial score (nSPS) is 14.5. The molecule has 0 radical (unpaired) electrons. The molecule has 73 heavy (non-hydrogen) atoms. The Kier molecular flexibility index (Phi) is 13.8. The number of rotatable bonds is 13. The minimum absolute atomic E-state index is 0. The summed E-state index contributed by atoms with van der Waals surface area (Å²) in [5.41, 5.74) is 15.7. The molecule has 0 atom stereocenters. The number of pyridine rings is 3. The van der Waals surface area contributed by atoms with E-state index in [1.165, 1.54) is 11.1 Å². The third kappa shape index (κ3) is 10.1. The second-order valence-electron chi connectivity index (χ2n) is 19.1. The molecule has 2 aliphatic carbocycles. The van der Waals surface area contributed by atoms with Crippen molar-refractivity contribution in [2.24, 2.45) is 0 Å². The summed E-state index contributed by atoms with van der Waals surface area (Å²) in [6, 6.07) is 80.5. The first-order chi connectivity index (χ1) is 35.6. The van der Waals surface area contributed by atoms with E-state index in [-0.39, 0.29) is 20.1 Å². The summed E-state index contributed by atoms with van der Waals surface area (Å²) in [6.45, 7) is 0. The van der Waals surface area contributed by atoms with Crippen LogP contribution in [0.2, 0.25) is 0 Å². The first kappa shape index (κ1) is 47.6. The Bertz CT molecular complexity index is 3300. The largest absolute Gasteiger partial charge is 3.00 e. The van der Waals surface area contributed by atoms with Crippen LogP contribution in [0.4, 0.5) is 0 Å². The fraction of sp³-hybridized carbons (Fsp3) is 0.149. The van der Waals surface area contributed by atoms with Crippen LogP contribution >= 0.6 is 0 Å². The van der Waals surface area contributed by atoms with E-state index in [4.69, 9.17) is 14.5 Å². The molecule has 10 aromatic rings. The summed E-state index contributed by atoms with van der Waals surface area (Å²) >= 11 is 0. The van der Waals surface area contributed by atoms with Crippen molar-refractivity contribution in [3.05, 3.63) is 248 Å². The molecule has 3 aromatic heterocycles. The van der Waals surface area contributed by atoms with Gasteiger partial charge in [0.05, 0.1) is 0 Å². The topological polar surface area (TPSA) is 57.1 Å². The smallest absolute Gasteiger partial charge is 0.492 e. The van der Waals surface area contributed by atoms with Crippen molar-refractivity contribution >= 4 is 0 Å². The maximum absolute atomic E-state index is 7.40. The van der Waals surface area contributed by atoms with E-state index in [1.54, 1.807) is 0 Å². The first-order valence-electron chi connectivity index (χ1n) is 25.2. The summed E-state index contributed by atoms with van der Waals surface area (Å²) in [6.07, 6.45) is 13.5. The van der Waals surface area contributed by atoms with E-state index in [9.17, 15) is 0 Å². The third-order valence-electron chi connectivity index (χ3n) is 14.6. The Morgan fingerprint density at radius 3 is 1.30 bits per heavy atom. The van der Waals surface area contributed by atoms with E-state index in [2.05, 4.69) is 186 Å². The molecule has 0 N–H and O–H groups in total. The molecule has 2 fully saturated rings. The monoisotopic (exact) mass is 1120 g/mol. The summed E-state index contributed by atoms with van der Waals surface area (Å²) in [5.74, 6) is 1.56. The number of ether oxygens (including phenoxy) is 2. The molecular weight excluding hydrogens is 1070 g/mol. The van der Waals surface area contributed by atoms with Crippen molar-refractivity contribution in [2.75, 3.05) is 0 Å². The average molecular weight is 1120 g/mol. The van der Waals surface area contributed by atoms with Gasteiger partial charge in [-0.15, -0.1) is 89.5 Å². The van der Waals surface area contributed by atoms with Crippen LogP contribution in [0, 0.1) is 18.2 Å². The van der Waals surface area contributed by atoms with E-state index in [0.717, 1.165) is 141 Å². The minimum atomic E-state index is -0.516. The van der Waals surface area contributed by atoms with Gasteiger partial charge in [-0.3, -0.25) is 0 Å². The SMILES string of the molecule is [Ir+3].[c-]1cc(C2(Oc3cc(OC4(c5c[c-]c(-c6ccccn6)cc5)CCCC4)cc(-c4ccccc4-c4c[c-]c(-c5cc(-c6ccc(-c7ccccc7)cc6)ccn5)cc4)c3)CCCC2)ccc1-c1ccccn1. The zero-order chi connectivity index (χ0) is 48.2. The van der Waals surface area contributed by atoms with Crippen LogP contribution in [0.3, 0.4) is 0 Å². The quantitative estimate of drug-likeness (QED) is 0.108. The van der Waals surface area contributed by atoms with Gasteiger partial charge in [-0.2, -0.15) is 0 Å². The van der Waals surface area contributed by atoms with Crippen LogP contribution < -0.4 is 9.47 Å². The minimum Gasteiger partial charge on any atom is -0.492 e. The molecule has 0 spiro atoms. The van der Waals surface area contributed by atoms with Gasteiger partial charge in [-0.05, 0) is 132 Å². The van der Waals surface area contributed by atoms with E-state index in [1.807, 2.05) is 61.1 Å². The standard InChI is InChI=1S/C67H52N3O2.Ir/c1-2-14-48(15-3-1)49-20-22-50(23-21-49)55-36-43-70-65(46-55)54-26-24-51(25-27-54)61-16-4-5-17-62(61)56-44-59(71-66(37-8-9-38-66)57-32-28-52(29-33-57)63-18-6-12-41-68-63)47-60(45-56)72-67(39-10-11-40-67)58-34-30-53(31-35-58)64-19-7-13-42-69-64;/h1-7,12-26,28,30,32-36,41-47H,8-11,37-40H2;/q-3;+3. The average Bonchev–Trinajstić information content (AvgIpc) is 4.15. The molecule has 7 aromatic carbocycles. The van der Waals surface area contributed by atoms with Crippen molar-refractivity contribution < 1.29 is 29.6 Å². The van der Waals surface area contributed by atoms with Crippen molar-refractivity contribution in [3.8, 4) is 89.8 Å². The molecule has 356 valence electrons. The van der Waals surface area contributed by atoms with E-state index < -0.39 is 11.2 Å². The summed E-state index contributed by atoms with van der Waals surface area (Å²) in [4.78, 5) is 14.0. The Hall–Kier alpha value is -7.76. The number of aromatic nitrogens is 3. The van der Waals surface area contributed by atoms with Gasteiger partial charge in [0.1, 0.15) is 22.7 Å². The van der Waals surface area contributed by atoms with Gasteiger partial charge in [0.15, 0.2) is 0 Å². The maximum Gasteiger partial charge on any atom is 3.00 e. The first-order valence-corrected chi connectivity index (χ1v) is 25.2. The molecule has 0 unspecified atom stereocenters. The molecule has 5 nitrogen and oxygen atoms in total. The predicted octanol–water partition coefficient (Wildman–Crippen LogP) is 16.6. The zero-order valence-corrected chi connectivity index (χ0v) is 42.8. The van der Waals surface area contributed by atoms with Crippen molar-refractivity contribution in [1.29, 1.82) is 0 Å². The third-order valence-corrected chi connectivity index (χ3v) is 14.6. The molecule has 2 saturated carbocycles. The van der Waals surface area contributed by atoms with E-state index >= 15 is 0 Å². The van der Waals surface area contributed by atoms with Gasteiger partial charge in [0.2, 0.25) is 0 Å². The summed E-state index contributed by atoms with van der Waals surface area (Å²) in [7, 11) is 0. The van der Waals surface area contributed by atoms with Gasteiger partial charge >= 0.3 is 20.1 Å². The van der Waals surface area contributed by atoms with Gasteiger partial charge in [0, 0.05) is 24.7 Å². The Morgan fingerprint density at radius 2 is 0.795 bits per heavy atom. The number of hydrogen-bond donors (Lipinski definition) is 0. The summed E-state index contributed by atoms with van der Waals surface area (Å²) in [5, 5.41) is 0. The van der Waals surface area contributed by atoms with Crippen LogP contribution in [0.25, 0.3) is 78.3 Å². The fourth-order valence-corrected chi connectivity index (χ4v) is 10.8. The van der Waals surface area contributed by atoms with Crippen LogP contribution in [-0.2, 0) is 31.3 Å². The number of benzene rings is 7. The van der Waals surface area contributed by atoms with Crippen molar-refractivity contribution in [3.63, 3.8) is 0 Å². The van der Waals surface area contributed by atoms with Gasteiger partial charge in [-0.1, -0.05) is 131 Å². The molecule has 0 saturated heterocycles. The van der Waals surface area contributed by atoms with Crippen LogP contribution in [-0.4, -0.2) is 15.0 Å². The van der Waals surface area contributed by atoms with Crippen LogP contribution in [0.15, 0.2) is 219 Å². The predicted molar refractivity (Wildman–Crippen MR) is 289 cm³/mol. The second-order valence-corrected chi connectivity index (χ2v) is 19.1. The summed E-state index contributed by atoms with van der Waals surface area (Å²) < 4.78 is 14.8. The molecule has 12 rings (SSSR count). The molecule has 6 heteroatoms. The van der Waals surface area contributed by atoms with E-state index in [0.29, 0.717) is 0 Å². The van der Waals surface area contributed by atoms with Gasteiger partial charge in [-0.25, -0.2) is 0 Å².